The Morgan fingerprint density at radius 1 is 1.45 bits per heavy atom. The Bertz CT molecular complexity index is 434. The molecule has 0 aliphatic carbocycles. The van der Waals surface area contributed by atoms with E-state index in [1.165, 1.54) is 0 Å². The van der Waals surface area contributed by atoms with Crippen molar-refractivity contribution in [2.45, 2.75) is 26.1 Å². The van der Waals surface area contributed by atoms with Gasteiger partial charge in [0.25, 0.3) is 0 Å². The van der Waals surface area contributed by atoms with Crippen molar-refractivity contribution in [3.63, 3.8) is 0 Å². The topological polar surface area (TPSA) is 28.2 Å². The third kappa shape index (κ3) is 3.93. The van der Waals surface area contributed by atoms with E-state index in [1.807, 2.05) is 24.0 Å². The van der Waals surface area contributed by atoms with E-state index >= 15 is 0 Å². The highest BCUT2D eigenvalue weighted by Crippen LogP contribution is 2.27. The number of hydrogen-bond acceptors (Lipinski definition) is 3. The zero-order valence-electron chi connectivity index (χ0n) is 11.6. The lowest BCUT2D eigenvalue weighted by Crippen LogP contribution is -2.38. The molecule has 1 aliphatic rings. The molecule has 6 heteroatoms. The van der Waals surface area contributed by atoms with Crippen LogP contribution in [-0.2, 0) is 13.0 Å². The smallest absolute Gasteiger partial charge is 0.315 e. The number of pyridine rings is 1. The number of alkyl halides is 3. The van der Waals surface area contributed by atoms with Crippen LogP contribution in [-0.4, -0.2) is 42.2 Å². The second-order valence-electron chi connectivity index (χ2n) is 5.14. The fraction of sp³-hybridized carbons (Fsp3) is 0.643. The van der Waals surface area contributed by atoms with Crippen molar-refractivity contribution < 1.29 is 13.2 Å². The molecule has 0 aromatic carbocycles. The molecule has 1 atom stereocenters. The summed E-state index contributed by atoms with van der Waals surface area (Å²) in [6, 6.07) is 3.85. The van der Waals surface area contributed by atoms with E-state index in [9.17, 15) is 13.2 Å². The van der Waals surface area contributed by atoms with Crippen molar-refractivity contribution >= 4 is 0 Å². The van der Waals surface area contributed by atoms with Gasteiger partial charge in [-0.05, 0) is 18.1 Å². The van der Waals surface area contributed by atoms with E-state index < -0.39 is 12.1 Å². The minimum Gasteiger partial charge on any atom is -0.315 e. The van der Waals surface area contributed by atoms with Gasteiger partial charge >= 0.3 is 6.18 Å². The Balaban J connectivity index is 2.07. The summed E-state index contributed by atoms with van der Waals surface area (Å²) < 4.78 is 38.7. The summed E-state index contributed by atoms with van der Waals surface area (Å²) in [6.45, 7) is 3.76. The van der Waals surface area contributed by atoms with Crippen LogP contribution in [0.3, 0.4) is 0 Å². The van der Waals surface area contributed by atoms with Crippen molar-refractivity contribution in [3.05, 3.63) is 29.6 Å². The molecule has 1 N–H and O–H groups in total. The quantitative estimate of drug-likeness (QED) is 0.924. The molecule has 112 valence electrons. The fourth-order valence-corrected chi connectivity index (χ4v) is 2.49. The van der Waals surface area contributed by atoms with Gasteiger partial charge < -0.3 is 5.32 Å². The van der Waals surface area contributed by atoms with Gasteiger partial charge in [0.2, 0.25) is 0 Å². The number of rotatable bonds is 3. The maximum Gasteiger partial charge on any atom is 0.394 e. The summed E-state index contributed by atoms with van der Waals surface area (Å²) in [7, 11) is 0. The highest BCUT2D eigenvalue weighted by molar-refractivity contribution is 5.19. The Kier molecular flexibility index (Phi) is 4.99. The lowest BCUT2D eigenvalue weighted by Gasteiger charge is -2.25. The summed E-state index contributed by atoms with van der Waals surface area (Å²) in [5.41, 5.74) is 1.99. The first-order chi connectivity index (χ1) is 9.50. The maximum atomic E-state index is 12.9. The monoisotopic (exact) mass is 287 g/mol. The van der Waals surface area contributed by atoms with E-state index in [4.69, 9.17) is 0 Å². The fourth-order valence-electron chi connectivity index (χ4n) is 2.49. The summed E-state index contributed by atoms with van der Waals surface area (Å²) in [5.74, 6) is -1.31. The molecule has 2 heterocycles. The van der Waals surface area contributed by atoms with Crippen LogP contribution in [0.15, 0.2) is 18.3 Å². The molecule has 1 saturated heterocycles. The van der Waals surface area contributed by atoms with Gasteiger partial charge in [-0.25, -0.2) is 0 Å². The average Bonchev–Trinajstić information content (AvgIpc) is 2.64. The lowest BCUT2D eigenvalue weighted by atomic mass is 10.1. The van der Waals surface area contributed by atoms with Gasteiger partial charge in [0.1, 0.15) is 0 Å². The van der Waals surface area contributed by atoms with Gasteiger partial charge in [-0.2, -0.15) is 13.2 Å². The van der Waals surface area contributed by atoms with Gasteiger partial charge in [-0.1, -0.05) is 13.0 Å². The normalized spacial score (nSPS) is 21.7. The minimum absolute atomic E-state index is 0.00283. The molecule has 0 radical (unpaired) electrons. The Morgan fingerprint density at radius 2 is 2.25 bits per heavy atom. The average molecular weight is 287 g/mol. The highest BCUT2D eigenvalue weighted by atomic mass is 19.4. The minimum atomic E-state index is -4.15. The zero-order chi connectivity index (χ0) is 14.6. The zero-order valence-corrected chi connectivity index (χ0v) is 11.6. The Labute approximate surface area is 117 Å². The second kappa shape index (κ2) is 6.54. The lowest BCUT2D eigenvalue weighted by molar-refractivity contribution is -0.176. The predicted octanol–water partition coefficient (Wildman–Crippen LogP) is 2.23. The van der Waals surface area contributed by atoms with E-state index in [0.717, 1.165) is 17.7 Å². The molecule has 20 heavy (non-hydrogen) atoms. The standard InChI is InChI=1S/C14H20F3N3/c1-2-11-4-3-5-19-13(11)10-20-7-6-18-8-12(9-20)14(15,16)17/h3-5,12,18H,2,6-10H2,1H3. The van der Waals surface area contributed by atoms with Crippen LogP contribution in [0.1, 0.15) is 18.2 Å². The molecule has 1 unspecified atom stereocenters. The van der Waals surface area contributed by atoms with Gasteiger partial charge in [0.15, 0.2) is 0 Å². The van der Waals surface area contributed by atoms with Crippen molar-refractivity contribution in [1.82, 2.24) is 15.2 Å². The number of nitrogens with one attached hydrogen (secondary N) is 1. The molecule has 0 spiro atoms. The van der Waals surface area contributed by atoms with E-state index in [-0.39, 0.29) is 13.1 Å². The van der Waals surface area contributed by atoms with Crippen LogP contribution in [0.25, 0.3) is 0 Å². The van der Waals surface area contributed by atoms with Crippen LogP contribution < -0.4 is 5.32 Å². The number of halogens is 3. The third-order valence-electron chi connectivity index (χ3n) is 3.68. The molecule has 2 rings (SSSR count). The molecule has 3 nitrogen and oxygen atoms in total. The van der Waals surface area contributed by atoms with E-state index in [1.54, 1.807) is 6.20 Å². The van der Waals surface area contributed by atoms with E-state index in [0.29, 0.717) is 19.6 Å². The van der Waals surface area contributed by atoms with Gasteiger partial charge in [-0.15, -0.1) is 0 Å². The first-order valence-electron chi connectivity index (χ1n) is 6.93. The number of aryl methyl sites for hydroxylation is 1. The summed E-state index contributed by atoms with van der Waals surface area (Å²) >= 11 is 0. The molecule has 1 fully saturated rings. The van der Waals surface area contributed by atoms with Crippen LogP contribution in [0.2, 0.25) is 0 Å². The van der Waals surface area contributed by atoms with Crippen LogP contribution in [0, 0.1) is 5.92 Å². The van der Waals surface area contributed by atoms with Crippen molar-refractivity contribution in [3.8, 4) is 0 Å². The molecule has 1 aromatic rings. The largest absolute Gasteiger partial charge is 0.394 e. The molecule has 1 aromatic heterocycles. The van der Waals surface area contributed by atoms with Crippen molar-refractivity contribution in [2.75, 3.05) is 26.2 Å². The number of hydrogen-bond donors (Lipinski definition) is 1. The van der Waals surface area contributed by atoms with Crippen LogP contribution >= 0.6 is 0 Å². The molecule has 0 saturated carbocycles. The van der Waals surface area contributed by atoms with Gasteiger partial charge in [-0.3, -0.25) is 9.88 Å². The van der Waals surface area contributed by atoms with Crippen LogP contribution in [0.4, 0.5) is 13.2 Å². The Hall–Kier alpha value is -1.14. The first kappa shape index (κ1) is 15.3. The predicted molar refractivity (Wildman–Crippen MR) is 71.3 cm³/mol. The summed E-state index contributed by atoms with van der Waals surface area (Å²) in [6.07, 6.45) is -1.60. The molecule has 0 bridgehead atoms. The highest BCUT2D eigenvalue weighted by Gasteiger charge is 2.41. The molecule has 0 amide bonds. The SMILES string of the molecule is CCc1cccnc1CN1CCNCC(C(F)(F)F)C1. The summed E-state index contributed by atoms with van der Waals surface area (Å²) in [5, 5.41) is 2.87. The summed E-state index contributed by atoms with van der Waals surface area (Å²) in [4.78, 5) is 6.17. The van der Waals surface area contributed by atoms with Crippen LogP contribution in [0.5, 0.6) is 0 Å². The van der Waals surface area contributed by atoms with E-state index in [2.05, 4.69) is 10.3 Å². The molecule has 1 aliphatic heterocycles. The molecular weight excluding hydrogens is 267 g/mol. The maximum absolute atomic E-state index is 12.9. The first-order valence-corrected chi connectivity index (χ1v) is 6.93. The third-order valence-corrected chi connectivity index (χ3v) is 3.68. The van der Waals surface area contributed by atoms with Crippen molar-refractivity contribution in [1.29, 1.82) is 0 Å². The number of aromatic nitrogens is 1. The van der Waals surface area contributed by atoms with Crippen molar-refractivity contribution in [2.24, 2.45) is 5.92 Å². The van der Waals surface area contributed by atoms with Gasteiger partial charge in [0.05, 0.1) is 11.6 Å². The van der Waals surface area contributed by atoms with Gasteiger partial charge in [0, 0.05) is 38.9 Å². The second-order valence-corrected chi connectivity index (χ2v) is 5.14. The number of nitrogens with zero attached hydrogens (tertiary/aromatic N) is 2. The molecular formula is C14H20F3N3. The Morgan fingerprint density at radius 3 is 2.95 bits per heavy atom.